The Balaban J connectivity index is 0.000000810. The van der Waals surface area contributed by atoms with Gasteiger partial charge in [-0.25, -0.2) is 0 Å². The van der Waals surface area contributed by atoms with Gasteiger partial charge >= 0.3 is 5.97 Å². The Bertz CT molecular complexity index is 130. The minimum absolute atomic E-state index is 0. The highest BCUT2D eigenvalue weighted by Gasteiger charge is 2.27. The van der Waals surface area contributed by atoms with E-state index in [1.165, 1.54) is 0 Å². The van der Waals surface area contributed by atoms with Gasteiger partial charge in [0.2, 0.25) is 0 Å². The lowest BCUT2D eigenvalue weighted by atomic mass is 10.2. The van der Waals surface area contributed by atoms with Crippen molar-refractivity contribution >= 4 is 18.4 Å². The van der Waals surface area contributed by atoms with Gasteiger partial charge in [0.25, 0.3) is 0 Å². The zero-order valence-electron chi connectivity index (χ0n) is 5.28. The van der Waals surface area contributed by atoms with E-state index in [2.05, 4.69) is 5.32 Å². The molecule has 0 aromatic rings. The average molecular weight is 168 g/mol. The van der Waals surface area contributed by atoms with E-state index in [9.17, 15) is 4.79 Å². The SMILES string of the molecule is Cl.O=C(O)[C@@H]1C[C@@H](O)CN1. The predicted molar refractivity (Wildman–Crippen MR) is 37.3 cm³/mol. The second-order valence-electron chi connectivity index (χ2n) is 2.19. The van der Waals surface area contributed by atoms with Gasteiger partial charge in [-0.3, -0.25) is 4.79 Å². The van der Waals surface area contributed by atoms with Crippen LogP contribution in [0.2, 0.25) is 0 Å². The molecule has 1 heterocycles. The van der Waals surface area contributed by atoms with Crippen LogP contribution in [0, 0.1) is 0 Å². The Hall–Kier alpha value is -0.320. The Morgan fingerprint density at radius 1 is 1.60 bits per heavy atom. The molecule has 10 heavy (non-hydrogen) atoms. The molecule has 0 aromatic heterocycles. The van der Waals surface area contributed by atoms with E-state index < -0.39 is 18.1 Å². The highest BCUT2D eigenvalue weighted by atomic mass is 35.5. The van der Waals surface area contributed by atoms with Crippen LogP contribution in [0.4, 0.5) is 0 Å². The summed E-state index contributed by atoms with van der Waals surface area (Å²) in [5.41, 5.74) is 0. The van der Waals surface area contributed by atoms with Gasteiger partial charge < -0.3 is 15.5 Å². The smallest absolute Gasteiger partial charge is 0.320 e. The molecule has 0 radical (unpaired) electrons. The molecule has 0 saturated carbocycles. The van der Waals surface area contributed by atoms with Crippen molar-refractivity contribution in [2.75, 3.05) is 6.54 Å². The number of hydrogen-bond acceptors (Lipinski definition) is 3. The number of carboxylic acids is 1. The van der Waals surface area contributed by atoms with Gasteiger partial charge in [0.1, 0.15) is 6.04 Å². The number of aliphatic carboxylic acids is 1. The maximum atomic E-state index is 10.2. The highest BCUT2D eigenvalue weighted by Crippen LogP contribution is 2.05. The van der Waals surface area contributed by atoms with Crippen LogP contribution in [0.25, 0.3) is 0 Å². The Labute approximate surface area is 64.6 Å². The quantitative estimate of drug-likeness (QED) is 0.479. The molecule has 0 aromatic carbocycles. The van der Waals surface area contributed by atoms with Crippen LogP contribution in [-0.4, -0.2) is 34.9 Å². The molecule has 1 saturated heterocycles. The van der Waals surface area contributed by atoms with Gasteiger partial charge in [0.05, 0.1) is 6.10 Å². The largest absolute Gasteiger partial charge is 0.480 e. The first kappa shape index (κ1) is 9.68. The minimum atomic E-state index is -0.883. The number of rotatable bonds is 1. The molecule has 3 N–H and O–H groups in total. The van der Waals surface area contributed by atoms with Gasteiger partial charge in [-0.2, -0.15) is 0 Å². The third-order valence-electron chi connectivity index (χ3n) is 1.41. The zero-order valence-corrected chi connectivity index (χ0v) is 6.10. The molecule has 2 atom stereocenters. The fourth-order valence-corrected chi connectivity index (χ4v) is 0.905. The molecule has 5 heteroatoms. The van der Waals surface area contributed by atoms with E-state index >= 15 is 0 Å². The Kier molecular flexibility index (Phi) is 3.63. The summed E-state index contributed by atoms with van der Waals surface area (Å²) in [5, 5.41) is 19.8. The van der Waals surface area contributed by atoms with E-state index in [1.54, 1.807) is 0 Å². The molecular formula is C5H10ClNO3. The van der Waals surface area contributed by atoms with Gasteiger partial charge in [0, 0.05) is 13.0 Å². The number of halogens is 1. The summed E-state index contributed by atoms with van der Waals surface area (Å²) in [6.07, 6.45) is -0.152. The van der Waals surface area contributed by atoms with E-state index in [0.717, 1.165) is 0 Å². The number of carboxylic acid groups (broad SMARTS) is 1. The van der Waals surface area contributed by atoms with E-state index in [1.807, 2.05) is 0 Å². The third kappa shape index (κ3) is 2.13. The summed E-state index contributed by atoms with van der Waals surface area (Å²) in [6, 6.07) is -0.542. The van der Waals surface area contributed by atoms with Gasteiger partial charge in [0.15, 0.2) is 0 Å². The number of carbonyl (C=O) groups is 1. The summed E-state index contributed by atoms with van der Waals surface area (Å²) in [5.74, 6) is -0.883. The van der Waals surface area contributed by atoms with E-state index in [4.69, 9.17) is 10.2 Å². The van der Waals surface area contributed by atoms with E-state index in [0.29, 0.717) is 13.0 Å². The summed E-state index contributed by atoms with van der Waals surface area (Å²) in [7, 11) is 0. The molecule has 1 rings (SSSR count). The summed E-state index contributed by atoms with van der Waals surface area (Å²) >= 11 is 0. The van der Waals surface area contributed by atoms with Gasteiger partial charge in [-0.15, -0.1) is 12.4 Å². The van der Waals surface area contributed by atoms with Crippen LogP contribution in [0.15, 0.2) is 0 Å². The molecule has 60 valence electrons. The summed E-state index contributed by atoms with van der Waals surface area (Å²) in [4.78, 5) is 10.2. The van der Waals surface area contributed by atoms with Gasteiger partial charge in [-0.05, 0) is 0 Å². The van der Waals surface area contributed by atoms with Crippen LogP contribution in [0.5, 0.6) is 0 Å². The Morgan fingerprint density at radius 2 is 2.20 bits per heavy atom. The van der Waals surface area contributed by atoms with Gasteiger partial charge in [-0.1, -0.05) is 0 Å². The van der Waals surface area contributed by atoms with E-state index in [-0.39, 0.29) is 12.4 Å². The molecule has 1 aliphatic rings. The molecule has 0 spiro atoms. The number of β-amino-alcohol motifs (C(OH)–C–C–N with tert-alkyl or cyclic N) is 1. The first-order chi connectivity index (χ1) is 4.20. The molecular weight excluding hydrogens is 158 g/mol. The third-order valence-corrected chi connectivity index (χ3v) is 1.41. The number of nitrogens with one attached hydrogen (secondary N) is 1. The first-order valence-corrected chi connectivity index (χ1v) is 2.84. The van der Waals surface area contributed by atoms with Crippen LogP contribution in [0.3, 0.4) is 0 Å². The first-order valence-electron chi connectivity index (χ1n) is 2.84. The summed E-state index contributed by atoms with van der Waals surface area (Å²) < 4.78 is 0. The maximum absolute atomic E-state index is 10.2. The van der Waals surface area contributed by atoms with Crippen LogP contribution < -0.4 is 5.32 Å². The lowest BCUT2D eigenvalue weighted by molar-refractivity contribution is -0.139. The highest BCUT2D eigenvalue weighted by molar-refractivity contribution is 5.85. The van der Waals surface area contributed by atoms with Crippen molar-refractivity contribution in [3.63, 3.8) is 0 Å². The topological polar surface area (TPSA) is 69.6 Å². The molecule has 0 bridgehead atoms. The molecule has 0 aliphatic carbocycles. The van der Waals surface area contributed by atoms with Crippen LogP contribution in [0.1, 0.15) is 6.42 Å². The normalized spacial score (nSPS) is 31.3. The average Bonchev–Trinajstić information content (AvgIpc) is 2.14. The number of hydrogen-bond donors (Lipinski definition) is 3. The molecule has 0 unspecified atom stereocenters. The fourth-order valence-electron chi connectivity index (χ4n) is 0.905. The van der Waals surface area contributed by atoms with Crippen molar-refractivity contribution < 1.29 is 15.0 Å². The van der Waals surface area contributed by atoms with Crippen molar-refractivity contribution in [1.29, 1.82) is 0 Å². The van der Waals surface area contributed by atoms with Crippen LogP contribution in [-0.2, 0) is 4.79 Å². The van der Waals surface area contributed by atoms with Crippen molar-refractivity contribution in [3.8, 4) is 0 Å². The lowest BCUT2D eigenvalue weighted by Gasteiger charge is -1.99. The van der Waals surface area contributed by atoms with Crippen molar-refractivity contribution in [1.82, 2.24) is 5.32 Å². The molecule has 0 amide bonds. The number of aliphatic hydroxyl groups excluding tert-OH is 1. The second-order valence-corrected chi connectivity index (χ2v) is 2.19. The standard InChI is InChI=1S/C5H9NO3.ClH/c7-3-1-4(5(8)9)6-2-3;/h3-4,6-7H,1-2H2,(H,8,9);1H/t3-,4+;/m1./s1. The molecule has 4 nitrogen and oxygen atoms in total. The summed E-state index contributed by atoms with van der Waals surface area (Å²) in [6.45, 7) is 0.400. The molecule has 1 aliphatic heterocycles. The van der Waals surface area contributed by atoms with Crippen molar-refractivity contribution in [3.05, 3.63) is 0 Å². The zero-order chi connectivity index (χ0) is 6.85. The Morgan fingerprint density at radius 3 is 2.40 bits per heavy atom. The maximum Gasteiger partial charge on any atom is 0.320 e. The second kappa shape index (κ2) is 3.75. The number of aliphatic hydroxyl groups is 1. The van der Waals surface area contributed by atoms with Crippen LogP contribution >= 0.6 is 12.4 Å². The monoisotopic (exact) mass is 167 g/mol. The lowest BCUT2D eigenvalue weighted by Crippen LogP contribution is -2.29. The van der Waals surface area contributed by atoms with Crippen molar-refractivity contribution in [2.24, 2.45) is 0 Å². The molecule has 1 fully saturated rings. The predicted octanol–water partition coefficient (Wildman–Crippen LogP) is -0.784. The minimum Gasteiger partial charge on any atom is -0.480 e. The fraction of sp³-hybridized carbons (Fsp3) is 0.800. The van der Waals surface area contributed by atoms with Crippen molar-refractivity contribution in [2.45, 2.75) is 18.6 Å².